The Morgan fingerprint density at radius 2 is 2.00 bits per heavy atom. The van der Waals surface area contributed by atoms with Gasteiger partial charge in [-0.15, -0.1) is 0 Å². The molecule has 5 heteroatoms. The average molecular weight is 250 g/mol. The minimum atomic E-state index is -0.205. The Bertz CT molecular complexity index is 418. The molecule has 0 unspecified atom stereocenters. The molecule has 0 atom stereocenters. The van der Waals surface area contributed by atoms with Gasteiger partial charge in [-0.25, -0.2) is 0 Å². The zero-order chi connectivity index (χ0) is 13.4. The second kappa shape index (κ2) is 7.32. The molecular weight excluding hydrogens is 232 g/mol. The van der Waals surface area contributed by atoms with Crippen LogP contribution in [-0.2, 0) is 14.3 Å². The summed E-state index contributed by atoms with van der Waals surface area (Å²) in [6, 6.07) is 7.43. The largest absolute Gasteiger partial charge is 0.469 e. The SMILES string of the molecule is COC(=O)CCCNc1cccc(NC(C)=O)c1. The van der Waals surface area contributed by atoms with Crippen molar-refractivity contribution in [2.24, 2.45) is 0 Å². The zero-order valence-corrected chi connectivity index (χ0v) is 10.7. The molecule has 0 saturated heterocycles. The predicted octanol–water partition coefficient (Wildman–Crippen LogP) is 2.01. The summed E-state index contributed by atoms with van der Waals surface area (Å²) < 4.78 is 4.55. The topological polar surface area (TPSA) is 67.4 Å². The Labute approximate surface area is 107 Å². The lowest BCUT2D eigenvalue weighted by atomic mass is 10.2. The maximum absolute atomic E-state index is 10.9. The van der Waals surface area contributed by atoms with Gasteiger partial charge in [-0.1, -0.05) is 6.07 Å². The molecule has 0 radical (unpaired) electrons. The van der Waals surface area contributed by atoms with Crippen molar-refractivity contribution >= 4 is 23.3 Å². The number of carbonyl (C=O) groups is 2. The second-order valence-electron chi connectivity index (χ2n) is 3.87. The van der Waals surface area contributed by atoms with E-state index >= 15 is 0 Å². The number of ether oxygens (including phenoxy) is 1. The fourth-order valence-electron chi connectivity index (χ4n) is 1.48. The summed E-state index contributed by atoms with van der Waals surface area (Å²) in [7, 11) is 1.38. The maximum Gasteiger partial charge on any atom is 0.305 e. The number of anilines is 2. The summed E-state index contributed by atoms with van der Waals surface area (Å²) in [5.41, 5.74) is 1.66. The van der Waals surface area contributed by atoms with Crippen LogP contribution in [0, 0.1) is 0 Å². The van der Waals surface area contributed by atoms with E-state index < -0.39 is 0 Å². The van der Waals surface area contributed by atoms with Crippen molar-refractivity contribution in [1.29, 1.82) is 0 Å². The van der Waals surface area contributed by atoms with Gasteiger partial charge in [0.05, 0.1) is 7.11 Å². The highest BCUT2D eigenvalue weighted by Crippen LogP contribution is 2.15. The Hall–Kier alpha value is -2.04. The summed E-state index contributed by atoms with van der Waals surface area (Å²) in [6.45, 7) is 2.15. The van der Waals surface area contributed by atoms with Crippen LogP contribution in [0.5, 0.6) is 0 Å². The Morgan fingerprint density at radius 1 is 1.28 bits per heavy atom. The van der Waals surface area contributed by atoms with E-state index in [-0.39, 0.29) is 11.9 Å². The lowest BCUT2D eigenvalue weighted by Crippen LogP contribution is -2.08. The zero-order valence-electron chi connectivity index (χ0n) is 10.7. The number of benzene rings is 1. The van der Waals surface area contributed by atoms with Gasteiger partial charge >= 0.3 is 5.97 Å². The Balaban J connectivity index is 2.38. The molecular formula is C13H18N2O3. The molecule has 5 nitrogen and oxygen atoms in total. The minimum Gasteiger partial charge on any atom is -0.469 e. The van der Waals surface area contributed by atoms with E-state index in [0.717, 1.165) is 11.4 Å². The standard InChI is InChI=1S/C13H18N2O3/c1-10(16)15-12-6-3-5-11(9-12)14-8-4-7-13(17)18-2/h3,5-6,9,14H,4,7-8H2,1-2H3,(H,15,16). The van der Waals surface area contributed by atoms with Gasteiger partial charge in [0.25, 0.3) is 0 Å². The molecule has 18 heavy (non-hydrogen) atoms. The molecule has 1 aromatic rings. The molecule has 0 aromatic heterocycles. The molecule has 1 aromatic carbocycles. The van der Waals surface area contributed by atoms with Crippen LogP contribution in [0.3, 0.4) is 0 Å². The lowest BCUT2D eigenvalue weighted by molar-refractivity contribution is -0.140. The number of amides is 1. The minimum absolute atomic E-state index is 0.0992. The van der Waals surface area contributed by atoms with Gasteiger partial charge in [0, 0.05) is 31.3 Å². The van der Waals surface area contributed by atoms with E-state index in [1.165, 1.54) is 14.0 Å². The van der Waals surface area contributed by atoms with Crippen LogP contribution in [0.2, 0.25) is 0 Å². The highest BCUT2D eigenvalue weighted by Gasteiger charge is 2.00. The molecule has 0 bridgehead atoms. The molecule has 0 spiro atoms. The predicted molar refractivity (Wildman–Crippen MR) is 70.5 cm³/mol. The summed E-state index contributed by atoms with van der Waals surface area (Å²) in [6.07, 6.45) is 1.10. The van der Waals surface area contributed by atoms with Crippen LogP contribution in [-0.4, -0.2) is 25.5 Å². The molecule has 2 N–H and O–H groups in total. The monoisotopic (exact) mass is 250 g/mol. The van der Waals surface area contributed by atoms with E-state index in [9.17, 15) is 9.59 Å². The van der Waals surface area contributed by atoms with E-state index in [2.05, 4.69) is 15.4 Å². The molecule has 0 heterocycles. The van der Waals surface area contributed by atoms with Crippen molar-refractivity contribution < 1.29 is 14.3 Å². The first-order valence-corrected chi connectivity index (χ1v) is 5.80. The van der Waals surface area contributed by atoms with Gasteiger partial charge < -0.3 is 15.4 Å². The first-order chi connectivity index (χ1) is 8.61. The highest BCUT2D eigenvalue weighted by atomic mass is 16.5. The van der Waals surface area contributed by atoms with Crippen molar-refractivity contribution in [1.82, 2.24) is 0 Å². The first-order valence-electron chi connectivity index (χ1n) is 5.80. The van der Waals surface area contributed by atoms with Crippen LogP contribution < -0.4 is 10.6 Å². The Morgan fingerprint density at radius 3 is 2.67 bits per heavy atom. The summed E-state index contributed by atoms with van der Waals surface area (Å²) >= 11 is 0. The van der Waals surface area contributed by atoms with Crippen LogP contribution in [0.4, 0.5) is 11.4 Å². The molecule has 1 amide bonds. The lowest BCUT2D eigenvalue weighted by Gasteiger charge is -2.08. The fraction of sp³-hybridized carbons (Fsp3) is 0.385. The number of hydrogen-bond acceptors (Lipinski definition) is 4. The summed E-state index contributed by atoms with van der Waals surface area (Å²) in [4.78, 5) is 21.8. The number of esters is 1. The molecule has 0 aliphatic carbocycles. The van der Waals surface area contributed by atoms with E-state index in [0.29, 0.717) is 19.4 Å². The van der Waals surface area contributed by atoms with Crippen molar-refractivity contribution in [2.75, 3.05) is 24.3 Å². The average Bonchev–Trinajstić information content (AvgIpc) is 2.34. The first kappa shape index (κ1) is 14.0. The fourth-order valence-corrected chi connectivity index (χ4v) is 1.48. The third kappa shape index (κ3) is 5.34. The van der Waals surface area contributed by atoms with Crippen LogP contribution in [0.1, 0.15) is 19.8 Å². The molecule has 0 saturated carbocycles. The number of methoxy groups -OCH3 is 1. The molecule has 98 valence electrons. The van der Waals surface area contributed by atoms with Gasteiger partial charge in [0.1, 0.15) is 0 Å². The van der Waals surface area contributed by atoms with Gasteiger partial charge in [-0.3, -0.25) is 9.59 Å². The number of hydrogen-bond donors (Lipinski definition) is 2. The molecule has 0 fully saturated rings. The van der Waals surface area contributed by atoms with E-state index in [1.54, 1.807) is 0 Å². The van der Waals surface area contributed by atoms with Crippen molar-refractivity contribution in [3.8, 4) is 0 Å². The van der Waals surface area contributed by atoms with Gasteiger partial charge in [0.15, 0.2) is 0 Å². The van der Waals surface area contributed by atoms with E-state index in [4.69, 9.17) is 0 Å². The maximum atomic E-state index is 10.9. The number of rotatable bonds is 6. The third-order valence-corrected chi connectivity index (χ3v) is 2.30. The highest BCUT2D eigenvalue weighted by molar-refractivity contribution is 5.89. The normalized spacial score (nSPS) is 9.67. The van der Waals surface area contributed by atoms with E-state index in [1.807, 2.05) is 24.3 Å². The van der Waals surface area contributed by atoms with Crippen molar-refractivity contribution in [3.63, 3.8) is 0 Å². The van der Waals surface area contributed by atoms with Crippen LogP contribution in [0.25, 0.3) is 0 Å². The Kier molecular flexibility index (Phi) is 5.70. The molecule has 1 rings (SSSR count). The van der Waals surface area contributed by atoms with Gasteiger partial charge in [-0.2, -0.15) is 0 Å². The van der Waals surface area contributed by atoms with Crippen LogP contribution in [0.15, 0.2) is 24.3 Å². The summed E-state index contributed by atoms with van der Waals surface area (Å²) in [5.74, 6) is -0.304. The number of nitrogens with one attached hydrogen (secondary N) is 2. The van der Waals surface area contributed by atoms with Crippen molar-refractivity contribution in [3.05, 3.63) is 24.3 Å². The quantitative estimate of drug-likeness (QED) is 0.598. The van der Waals surface area contributed by atoms with Crippen molar-refractivity contribution in [2.45, 2.75) is 19.8 Å². The molecule has 0 aliphatic rings. The smallest absolute Gasteiger partial charge is 0.305 e. The van der Waals surface area contributed by atoms with Gasteiger partial charge in [-0.05, 0) is 24.6 Å². The second-order valence-corrected chi connectivity index (χ2v) is 3.87. The number of carbonyl (C=O) groups excluding carboxylic acids is 2. The third-order valence-electron chi connectivity index (χ3n) is 2.30. The molecule has 0 aliphatic heterocycles. The van der Waals surface area contributed by atoms with Crippen LogP contribution >= 0.6 is 0 Å². The summed E-state index contributed by atoms with van der Waals surface area (Å²) in [5, 5.41) is 5.89. The van der Waals surface area contributed by atoms with Gasteiger partial charge in [0.2, 0.25) is 5.91 Å².